The molecule has 0 spiro atoms. The number of carbonyl (C=O) groups excluding carboxylic acids is 1. The Labute approximate surface area is 152 Å². The molecular weight excluding hydrogens is 326 g/mol. The van der Waals surface area contributed by atoms with Crippen molar-refractivity contribution in [1.82, 2.24) is 10.2 Å². The Bertz CT molecular complexity index is 956. The first-order chi connectivity index (χ1) is 12.4. The minimum Gasteiger partial charge on any atom is -0.508 e. The molecule has 0 fully saturated rings. The van der Waals surface area contributed by atoms with Gasteiger partial charge in [0, 0.05) is 23.4 Å². The van der Waals surface area contributed by atoms with E-state index in [0.717, 1.165) is 28.2 Å². The first kappa shape index (κ1) is 17.5. The van der Waals surface area contributed by atoms with Crippen molar-refractivity contribution < 1.29 is 9.90 Å². The number of rotatable bonds is 6. The summed E-state index contributed by atoms with van der Waals surface area (Å²) >= 11 is 0. The van der Waals surface area contributed by atoms with Crippen molar-refractivity contribution in [3.05, 3.63) is 77.6 Å². The highest BCUT2D eigenvalue weighted by Crippen LogP contribution is 2.27. The summed E-state index contributed by atoms with van der Waals surface area (Å²) in [7, 11) is 0. The van der Waals surface area contributed by atoms with Crippen molar-refractivity contribution in [2.24, 2.45) is 0 Å². The molecule has 0 radical (unpaired) electrons. The largest absolute Gasteiger partial charge is 0.508 e. The van der Waals surface area contributed by atoms with E-state index in [1.54, 1.807) is 24.3 Å². The Hall–Kier alpha value is -3.34. The van der Waals surface area contributed by atoms with E-state index in [1.807, 2.05) is 31.2 Å². The predicted octanol–water partition coefficient (Wildman–Crippen LogP) is 4.52. The fraction of sp³-hybridized carbons (Fsp3) is 0.143. The zero-order valence-electron chi connectivity index (χ0n) is 14.8. The van der Waals surface area contributed by atoms with Crippen molar-refractivity contribution in [3.8, 4) is 17.0 Å². The Morgan fingerprint density at radius 3 is 2.58 bits per heavy atom. The fourth-order valence-electron chi connectivity index (χ4n) is 2.92. The molecule has 0 saturated carbocycles. The number of carbonyl (C=O) groups is 1. The van der Waals surface area contributed by atoms with E-state index in [4.69, 9.17) is 0 Å². The number of Topliss-reactive ketones (excluding diaryl/α,β-unsaturated/α-hetero) is 1. The van der Waals surface area contributed by atoms with Crippen LogP contribution in [0, 0.1) is 0 Å². The van der Waals surface area contributed by atoms with Crippen LogP contribution >= 0.6 is 0 Å². The third-order valence-electron chi connectivity index (χ3n) is 4.00. The Kier molecular flexibility index (Phi) is 4.89. The number of aromatic hydroxyl groups is 1. The first-order valence-corrected chi connectivity index (χ1v) is 8.33. The number of nitrogens with one attached hydrogen (secondary N) is 2. The number of hydrogen-bond donors (Lipinski definition) is 3. The van der Waals surface area contributed by atoms with Crippen molar-refractivity contribution in [3.63, 3.8) is 0 Å². The van der Waals surface area contributed by atoms with Crippen molar-refractivity contribution in [2.75, 3.05) is 5.32 Å². The Morgan fingerprint density at radius 2 is 1.92 bits per heavy atom. The fourth-order valence-corrected chi connectivity index (χ4v) is 2.92. The summed E-state index contributed by atoms with van der Waals surface area (Å²) in [5, 5.41) is 20.0. The van der Waals surface area contributed by atoms with Gasteiger partial charge in [0.2, 0.25) is 0 Å². The van der Waals surface area contributed by atoms with E-state index in [2.05, 4.69) is 22.1 Å². The molecule has 3 N–H and O–H groups in total. The van der Waals surface area contributed by atoms with Crippen LogP contribution in [0.1, 0.15) is 35.5 Å². The minimum atomic E-state index is -0.0481. The van der Waals surface area contributed by atoms with E-state index in [9.17, 15) is 9.90 Å². The summed E-state index contributed by atoms with van der Waals surface area (Å²) in [6.07, 6.45) is 0.561. The second kappa shape index (κ2) is 7.27. The summed E-state index contributed by atoms with van der Waals surface area (Å²) < 4.78 is 0. The van der Waals surface area contributed by atoms with Gasteiger partial charge in [-0.2, -0.15) is 5.10 Å². The normalized spacial score (nSPS) is 10.5. The molecule has 132 valence electrons. The minimum absolute atomic E-state index is 0.0481. The van der Waals surface area contributed by atoms with Gasteiger partial charge in [-0.25, -0.2) is 0 Å². The van der Waals surface area contributed by atoms with Crippen LogP contribution in [0.25, 0.3) is 11.3 Å². The molecule has 0 bridgehead atoms. The van der Waals surface area contributed by atoms with Crippen LogP contribution in [0.4, 0.5) is 5.69 Å². The van der Waals surface area contributed by atoms with Gasteiger partial charge in [-0.05, 0) is 55.8 Å². The van der Waals surface area contributed by atoms with Gasteiger partial charge in [-0.3, -0.25) is 9.89 Å². The summed E-state index contributed by atoms with van der Waals surface area (Å²) in [5.74, 6) is 0.128. The smallest absolute Gasteiger partial charge is 0.163 e. The average Bonchev–Trinajstić information content (AvgIpc) is 2.99. The molecule has 26 heavy (non-hydrogen) atoms. The lowest BCUT2D eigenvalue weighted by atomic mass is 9.99. The number of hydrogen-bond acceptors (Lipinski definition) is 4. The molecule has 0 aliphatic heterocycles. The molecule has 0 atom stereocenters. The zero-order valence-corrected chi connectivity index (χ0v) is 14.8. The molecule has 0 amide bonds. The van der Waals surface area contributed by atoms with Crippen molar-refractivity contribution in [2.45, 2.75) is 20.3 Å². The summed E-state index contributed by atoms with van der Waals surface area (Å²) in [5.41, 5.74) is 5.61. The molecular formula is C21H21N3O2. The van der Waals surface area contributed by atoms with Crippen LogP contribution in [0.2, 0.25) is 0 Å². The Balaban J connectivity index is 1.95. The van der Waals surface area contributed by atoms with E-state index in [0.29, 0.717) is 17.7 Å². The molecule has 0 aliphatic carbocycles. The average molecular weight is 347 g/mol. The lowest BCUT2D eigenvalue weighted by Gasteiger charge is -2.08. The maximum absolute atomic E-state index is 12.3. The van der Waals surface area contributed by atoms with Gasteiger partial charge in [0.1, 0.15) is 11.4 Å². The number of H-pyrrole nitrogens is 1. The summed E-state index contributed by atoms with van der Waals surface area (Å²) in [6.45, 7) is 7.30. The number of anilines is 1. The molecule has 5 heteroatoms. The summed E-state index contributed by atoms with van der Waals surface area (Å²) in [6, 6.07) is 14.6. The summed E-state index contributed by atoms with van der Waals surface area (Å²) in [4.78, 5) is 12.3. The van der Waals surface area contributed by atoms with Crippen LogP contribution in [0.5, 0.6) is 5.75 Å². The van der Waals surface area contributed by atoms with Gasteiger partial charge >= 0.3 is 0 Å². The lowest BCUT2D eigenvalue weighted by Crippen LogP contribution is -2.01. The first-order valence-electron chi connectivity index (χ1n) is 8.33. The number of allylic oxidation sites excluding steroid dienone is 1. The second-order valence-electron chi connectivity index (χ2n) is 6.31. The van der Waals surface area contributed by atoms with E-state index >= 15 is 0 Å². The van der Waals surface area contributed by atoms with Gasteiger partial charge < -0.3 is 10.4 Å². The van der Waals surface area contributed by atoms with Crippen LogP contribution in [0.15, 0.2) is 60.8 Å². The molecule has 0 aliphatic rings. The third kappa shape index (κ3) is 3.83. The van der Waals surface area contributed by atoms with Gasteiger partial charge in [0.05, 0.1) is 11.3 Å². The number of nitrogens with zero attached hydrogens (tertiary/aromatic N) is 1. The molecule has 0 unspecified atom stereocenters. The molecule has 0 saturated heterocycles. The third-order valence-corrected chi connectivity index (χ3v) is 4.00. The topological polar surface area (TPSA) is 78.0 Å². The van der Waals surface area contributed by atoms with E-state index < -0.39 is 0 Å². The van der Waals surface area contributed by atoms with Gasteiger partial charge in [0.15, 0.2) is 5.78 Å². The highest BCUT2D eigenvalue weighted by atomic mass is 16.3. The maximum Gasteiger partial charge on any atom is 0.163 e. The standard InChI is InChI=1S/C21H21N3O2/c1-13(2)22-17-6-4-5-15(11-17)12-19-20(14(3)25)21(24-23-19)16-7-9-18(26)10-8-16/h4-11,22,26H,1,12H2,2-3H3,(H,23,24). The van der Waals surface area contributed by atoms with Gasteiger partial charge in [-0.15, -0.1) is 0 Å². The SMILES string of the molecule is C=C(C)Nc1cccc(Cc2[nH]nc(-c3ccc(O)cc3)c2C(C)=O)c1. The number of phenolic OH excluding ortho intramolecular Hbond substituents is 1. The molecule has 3 aromatic rings. The number of phenols is 1. The lowest BCUT2D eigenvalue weighted by molar-refractivity contribution is 0.101. The number of aromatic amines is 1. The van der Waals surface area contributed by atoms with Crippen molar-refractivity contribution >= 4 is 11.5 Å². The second-order valence-corrected chi connectivity index (χ2v) is 6.31. The quantitative estimate of drug-likeness (QED) is 0.573. The number of ketones is 1. The number of aromatic nitrogens is 2. The highest BCUT2D eigenvalue weighted by Gasteiger charge is 2.19. The van der Waals surface area contributed by atoms with E-state index in [-0.39, 0.29) is 11.5 Å². The molecule has 2 aromatic carbocycles. The maximum atomic E-state index is 12.3. The van der Waals surface area contributed by atoms with Crippen LogP contribution in [-0.2, 0) is 6.42 Å². The highest BCUT2D eigenvalue weighted by molar-refractivity contribution is 6.01. The predicted molar refractivity (Wildman–Crippen MR) is 103 cm³/mol. The molecule has 1 heterocycles. The van der Waals surface area contributed by atoms with Crippen LogP contribution in [0.3, 0.4) is 0 Å². The Morgan fingerprint density at radius 1 is 1.19 bits per heavy atom. The van der Waals surface area contributed by atoms with Gasteiger partial charge in [-0.1, -0.05) is 18.7 Å². The zero-order chi connectivity index (χ0) is 18.7. The molecule has 3 rings (SSSR count). The van der Waals surface area contributed by atoms with Crippen molar-refractivity contribution in [1.29, 1.82) is 0 Å². The van der Waals surface area contributed by atoms with Crippen LogP contribution in [-0.4, -0.2) is 21.1 Å². The monoisotopic (exact) mass is 347 g/mol. The number of benzene rings is 2. The molecule has 5 nitrogen and oxygen atoms in total. The van der Waals surface area contributed by atoms with E-state index in [1.165, 1.54) is 6.92 Å². The van der Waals surface area contributed by atoms with Crippen LogP contribution < -0.4 is 5.32 Å². The molecule has 1 aromatic heterocycles. The van der Waals surface area contributed by atoms with Gasteiger partial charge in [0.25, 0.3) is 0 Å².